The lowest BCUT2D eigenvalue weighted by Gasteiger charge is -2.43. The van der Waals surface area contributed by atoms with Gasteiger partial charge < -0.3 is 10.4 Å². The molecule has 2 aromatic carbocycles. The minimum absolute atomic E-state index is 0.321. The number of aromatic hydroxyl groups is 1. The van der Waals surface area contributed by atoms with E-state index >= 15 is 0 Å². The lowest BCUT2D eigenvalue weighted by molar-refractivity contribution is 0.131. The van der Waals surface area contributed by atoms with Crippen LogP contribution in [0.25, 0.3) is 0 Å². The summed E-state index contributed by atoms with van der Waals surface area (Å²) in [5, 5.41) is 13.0. The maximum Gasteiger partial charge on any atom is 0.115 e. The molecule has 0 bridgehead atoms. The van der Waals surface area contributed by atoms with Crippen molar-refractivity contribution in [3.63, 3.8) is 0 Å². The first-order valence-corrected chi connectivity index (χ1v) is 8.17. The quantitative estimate of drug-likeness (QED) is 0.831. The number of nitrogens with zero attached hydrogens (tertiary/aromatic N) is 1. The van der Waals surface area contributed by atoms with E-state index in [1.165, 1.54) is 30.5 Å². The molecule has 2 unspecified atom stereocenters. The lowest BCUT2D eigenvalue weighted by atomic mass is 9.85. The minimum Gasteiger partial charge on any atom is -0.508 e. The Morgan fingerprint density at radius 3 is 2.68 bits per heavy atom. The summed E-state index contributed by atoms with van der Waals surface area (Å²) in [6.45, 7) is 2.35. The van der Waals surface area contributed by atoms with Crippen LogP contribution in [0.2, 0.25) is 0 Å². The number of hydrogen-bond donors (Lipinski definition) is 2. The van der Waals surface area contributed by atoms with E-state index < -0.39 is 0 Å². The summed E-state index contributed by atoms with van der Waals surface area (Å²) in [7, 11) is 0. The standard InChI is InChI=1S/C19H22N2O/c22-17-7-5-15(6-8-17)20-16-10-12-21-11-9-14-3-1-2-4-18(14)19(21)13-16/h1-8,16,19-20,22H,9-13H2. The van der Waals surface area contributed by atoms with Gasteiger partial charge in [0.15, 0.2) is 0 Å². The van der Waals surface area contributed by atoms with Gasteiger partial charge in [-0.3, -0.25) is 4.90 Å². The summed E-state index contributed by atoms with van der Waals surface area (Å²) in [5.41, 5.74) is 4.14. The number of nitrogens with one attached hydrogen (secondary N) is 1. The molecular weight excluding hydrogens is 272 g/mol. The van der Waals surface area contributed by atoms with Crippen molar-refractivity contribution in [2.45, 2.75) is 31.3 Å². The summed E-state index contributed by atoms with van der Waals surface area (Å²) in [4.78, 5) is 2.64. The average molecular weight is 294 g/mol. The fourth-order valence-corrected chi connectivity index (χ4v) is 3.88. The molecule has 0 amide bonds. The van der Waals surface area contributed by atoms with E-state index in [1.54, 1.807) is 12.1 Å². The topological polar surface area (TPSA) is 35.5 Å². The van der Waals surface area contributed by atoms with Crippen LogP contribution in [0.15, 0.2) is 48.5 Å². The van der Waals surface area contributed by atoms with Crippen LogP contribution >= 0.6 is 0 Å². The third-order valence-corrected chi connectivity index (χ3v) is 5.03. The zero-order valence-corrected chi connectivity index (χ0v) is 12.7. The van der Waals surface area contributed by atoms with Gasteiger partial charge in [0.05, 0.1) is 0 Å². The molecule has 1 fully saturated rings. The Morgan fingerprint density at radius 1 is 1.00 bits per heavy atom. The molecule has 3 nitrogen and oxygen atoms in total. The molecule has 2 aliphatic heterocycles. The SMILES string of the molecule is Oc1ccc(NC2CCN3CCc4ccccc4C3C2)cc1. The second kappa shape index (κ2) is 5.65. The highest BCUT2D eigenvalue weighted by molar-refractivity contribution is 5.47. The van der Waals surface area contributed by atoms with Crippen molar-refractivity contribution in [2.75, 3.05) is 18.4 Å². The Balaban J connectivity index is 1.51. The number of phenolic OH excluding ortho intramolecular Hbond substituents is 1. The number of phenols is 1. The van der Waals surface area contributed by atoms with Crippen LogP contribution in [0.5, 0.6) is 5.75 Å². The van der Waals surface area contributed by atoms with Gasteiger partial charge in [-0.2, -0.15) is 0 Å². The predicted octanol–water partition coefficient (Wildman–Crippen LogP) is 3.57. The normalized spacial score (nSPS) is 24.4. The maximum absolute atomic E-state index is 9.39. The van der Waals surface area contributed by atoms with Crippen molar-refractivity contribution in [1.29, 1.82) is 0 Å². The van der Waals surface area contributed by atoms with Crippen LogP contribution in [-0.4, -0.2) is 29.1 Å². The van der Waals surface area contributed by atoms with Gasteiger partial charge >= 0.3 is 0 Å². The van der Waals surface area contributed by atoms with Gasteiger partial charge in [0, 0.05) is 30.9 Å². The van der Waals surface area contributed by atoms with Gasteiger partial charge in [0.25, 0.3) is 0 Å². The molecule has 2 atom stereocenters. The van der Waals surface area contributed by atoms with Gasteiger partial charge in [-0.05, 0) is 54.7 Å². The molecule has 114 valence electrons. The molecule has 1 saturated heterocycles. The Kier molecular flexibility index (Phi) is 3.51. The highest BCUT2D eigenvalue weighted by Crippen LogP contribution is 2.37. The number of benzene rings is 2. The van der Waals surface area contributed by atoms with Gasteiger partial charge in [-0.25, -0.2) is 0 Å². The van der Waals surface area contributed by atoms with Crippen LogP contribution < -0.4 is 5.32 Å². The molecule has 0 spiro atoms. The highest BCUT2D eigenvalue weighted by Gasteiger charge is 2.33. The Bertz CT molecular complexity index is 653. The van der Waals surface area contributed by atoms with Crippen molar-refractivity contribution in [2.24, 2.45) is 0 Å². The fraction of sp³-hybridized carbons (Fsp3) is 0.368. The number of hydrogen-bond acceptors (Lipinski definition) is 3. The number of piperidine rings is 1. The largest absolute Gasteiger partial charge is 0.508 e. The van der Waals surface area contributed by atoms with E-state index in [0.29, 0.717) is 17.8 Å². The molecule has 3 heteroatoms. The minimum atomic E-state index is 0.321. The molecule has 0 aromatic heterocycles. The highest BCUT2D eigenvalue weighted by atomic mass is 16.3. The third kappa shape index (κ3) is 2.57. The molecule has 22 heavy (non-hydrogen) atoms. The van der Waals surface area contributed by atoms with Crippen LogP contribution in [-0.2, 0) is 6.42 Å². The molecular formula is C19H22N2O. The Labute approximate surface area is 131 Å². The van der Waals surface area contributed by atoms with E-state index in [4.69, 9.17) is 0 Å². The number of anilines is 1. The molecule has 0 saturated carbocycles. The summed E-state index contributed by atoms with van der Waals surface area (Å²) >= 11 is 0. The van der Waals surface area contributed by atoms with E-state index in [-0.39, 0.29) is 0 Å². The predicted molar refractivity (Wildman–Crippen MR) is 89.2 cm³/mol. The Hall–Kier alpha value is -2.00. The molecule has 4 rings (SSSR count). The summed E-state index contributed by atoms with van der Waals surface area (Å²) in [6.07, 6.45) is 3.51. The zero-order chi connectivity index (χ0) is 14.9. The van der Waals surface area contributed by atoms with Crippen LogP contribution in [0.1, 0.15) is 30.0 Å². The molecule has 2 heterocycles. The second-order valence-electron chi connectivity index (χ2n) is 6.41. The first kappa shape index (κ1) is 13.6. The monoisotopic (exact) mass is 294 g/mol. The smallest absolute Gasteiger partial charge is 0.115 e. The summed E-state index contributed by atoms with van der Waals surface area (Å²) in [6, 6.07) is 17.3. The van der Waals surface area contributed by atoms with Gasteiger partial charge in [0.1, 0.15) is 5.75 Å². The van der Waals surface area contributed by atoms with E-state index in [2.05, 4.69) is 34.5 Å². The van der Waals surface area contributed by atoms with E-state index in [0.717, 1.165) is 18.7 Å². The van der Waals surface area contributed by atoms with E-state index in [1.807, 2.05) is 12.1 Å². The fourth-order valence-electron chi connectivity index (χ4n) is 3.88. The zero-order valence-electron chi connectivity index (χ0n) is 12.7. The summed E-state index contributed by atoms with van der Waals surface area (Å²) < 4.78 is 0. The van der Waals surface area contributed by atoms with Crippen molar-refractivity contribution in [3.05, 3.63) is 59.7 Å². The summed E-state index contributed by atoms with van der Waals surface area (Å²) in [5.74, 6) is 0.321. The first-order valence-electron chi connectivity index (χ1n) is 8.17. The van der Waals surface area contributed by atoms with Gasteiger partial charge in [-0.15, -0.1) is 0 Å². The van der Waals surface area contributed by atoms with Crippen molar-refractivity contribution in [1.82, 2.24) is 4.90 Å². The first-order chi connectivity index (χ1) is 10.8. The molecule has 0 aliphatic carbocycles. The van der Waals surface area contributed by atoms with Crippen molar-refractivity contribution in [3.8, 4) is 5.75 Å². The molecule has 2 aromatic rings. The lowest BCUT2D eigenvalue weighted by Crippen LogP contribution is -2.44. The third-order valence-electron chi connectivity index (χ3n) is 5.03. The molecule has 2 N–H and O–H groups in total. The van der Waals surface area contributed by atoms with Crippen molar-refractivity contribution >= 4 is 5.69 Å². The van der Waals surface area contributed by atoms with Gasteiger partial charge in [0.2, 0.25) is 0 Å². The number of rotatable bonds is 2. The number of fused-ring (bicyclic) bond motifs is 3. The maximum atomic E-state index is 9.39. The van der Waals surface area contributed by atoms with Gasteiger partial charge in [-0.1, -0.05) is 24.3 Å². The van der Waals surface area contributed by atoms with E-state index in [9.17, 15) is 5.11 Å². The molecule has 0 radical (unpaired) electrons. The van der Waals surface area contributed by atoms with Crippen LogP contribution in [0, 0.1) is 0 Å². The van der Waals surface area contributed by atoms with Crippen LogP contribution in [0.3, 0.4) is 0 Å². The van der Waals surface area contributed by atoms with Crippen molar-refractivity contribution < 1.29 is 5.11 Å². The Morgan fingerprint density at radius 2 is 1.82 bits per heavy atom. The second-order valence-corrected chi connectivity index (χ2v) is 6.41. The van der Waals surface area contributed by atoms with Crippen LogP contribution in [0.4, 0.5) is 5.69 Å². The molecule has 2 aliphatic rings. The average Bonchev–Trinajstić information content (AvgIpc) is 2.57.